The fourth-order valence-corrected chi connectivity index (χ4v) is 4.38. The van der Waals surface area contributed by atoms with Crippen molar-refractivity contribution in [2.45, 2.75) is 51.4 Å². The van der Waals surface area contributed by atoms with Crippen LogP contribution in [0, 0.1) is 5.92 Å². The fourth-order valence-electron chi connectivity index (χ4n) is 2.87. The molecule has 2 atom stereocenters. The van der Waals surface area contributed by atoms with Gasteiger partial charge < -0.3 is 10.5 Å². The summed E-state index contributed by atoms with van der Waals surface area (Å²) in [5, 5.41) is 2.09. The molecule has 2 unspecified atom stereocenters. The Balaban J connectivity index is 2.23. The Kier molecular flexibility index (Phi) is 3.45. The zero-order valence-corrected chi connectivity index (χ0v) is 13.2. The van der Waals surface area contributed by atoms with E-state index in [1.165, 1.54) is 4.88 Å². The predicted octanol–water partition coefficient (Wildman–Crippen LogP) is 4.10. The monoisotopic (exact) mass is 317 g/mol. The zero-order chi connectivity index (χ0) is 12.8. The summed E-state index contributed by atoms with van der Waals surface area (Å²) in [4.78, 5) is 1.23. The van der Waals surface area contributed by atoms with Crippen LogP contribution in [0.3, 0.4) is 0 Å². The second kappa shape index (κ2) is 4.34. The molecule has 0 bridgehead atoms. The summed E-state index contributed by atoms with van der Waals surface area (Å²) in [7, 11) is 0. The summed E-state index contributed by atoms with van der Waals surface area (Å²) < 4.78 is 7.23. The Hall–Kier alpha value is 0.1000. The van der Waals surface area contributed by atoms with Gasteiger partial charge in [-0.15, -0.1) is 11.3 Å². The second-order valence-electron chi connectivity index (χ2n) is 5.97. The third kappa shape index (κ3) is 2.75. The molecule has 1 aromatic rings. The topological polar surface area (TPSA) is 35.2 Å². The maximum atomic E-state index is 6.42. The van der Waals surface area contributed by atoms with Gasteiger partial charge in [-0.1, -0.05) is 0 Å². The van der Waals surface area contributed by atoms with Gasteiger partial charge in [0, 0.05) is 26.7 Å². The Morgan fingerprint density at radius 1 is 1.47 bits per heavy atom. The molecule has 2 heterocycles. The first kappa shape index (κ1) is 13.5. The molecule has 0 aliphatic carbocycles. The van der Waals surface area contributed by atoms with Crippen LogP contribution < -0.4 is 5.73 Å². The highest BCUT2D eigenvalue weighted by molar-refractivity contribution is 9.10. The maximum absolute atomic E-state index is 6.42. The van der Waals surface area contributed by atoms with Gasteiger partial charge in [-0.3, -0.25) is 0 Å². The van der Waals surface area contributed by atoms with Crippen LogP contribution in [-0.4, -0.2) is 11.2 Å². The largest absolute Gasteiger partial charge is 0.369 e. The highest BCUT2D eigenvalue weighted by atomic mass is 79.9. The number of nitrogens with two attached hydrogens (primary N) is 1. The van der Waals surface area contributed by atoms with Crippen molar-refractivity contribution in [3.63, 3.8) is 0 Å². The molecule has 2 nitrogen and oxygen atoms in total. The Morgan fingerprint density at radius 2 is 2.12 bits per heavy atom. The lowest BCUT2D eigenvalue weighted by Gasteiger charge is -2.30. The standard InChI is InChI=1S/C13H20BrNOS/c1-12(2)6-9(13(3,4)16-12)11(15)10-5-8(14)7-17-10/h5,7,9,11H,6,15H2,1-4H3. The highest BCUT2D eigenvalue weighted by Crippen LogP contribution is 2.47. The molecule has 1 aliphatic rings. The van der Waals surface area contributed by atoms with Gasteiger partial charge in [0.25, 0.3) is 0 Å². The van der Waals surface area contributed by atoms with Crippen LogP contribution in [0.15, 0.2) is 15.9 Å². The van der Waals surface area contributed by atoms with Crippen molar-refractivity contribution in [2.75, 3.05) is 0 Å². The Labute approximate surface area is 116 Å². The van der Waals surface area contributed by atoms with E-state index in [1.807, 2.05) is 0 Å². The maximum Gasteiger partial charge on any atom is 0.0681 e. The van der Waals surface area contributed by atoms with Gasteiger partial charge in [-0.25, -0.2) is 0 Å². The van der Waals surface area contributed by atoms with Gasteiger partial charge in [-0.2, -0.15) is 0 Å². The number of thiophene rings is 1. The summed E-state index contributed by atoms with van der Waals surface area (Å²) in [6, 6.07) is 2.18. The molecule has 0 radical (unpaired) electrons. The van der Waals surface area contributed by atoms with E-state index in [4.69, 9.17) is 10.5 Å². The molecular formula is C13H20BrNOS. The minimum atomic E-state index is -0.153. The van der Waals surface area contributed by atoms with Crippen molar-refractivity contribution in [1.82, 2.24) is 0 Å². The van der Waals surface area contributed by atoms with Crippen molar-refractivity contribution in [3.05, 3.63) is 20.8 Å². The summed E-state index contributed by atoms with van der Waals surface area (Å²) in [5.41, 5.74) is 6.20. The molecule has 4 heteroatoms. The molecule has 0 saturated carbocycles. The number of rotatable bonds is 2. The van der Waals surface area contributed by atoms with Gasteiger partial charge in [0.15, 0.2) is 0 Å². The van der Waals surface area contributed by atoms with Gasteiger partial charge in [0.05, 0.1) is 11.2 Å². The van der Waals surface area contributed by atoms with E-state index in [1.54, 1.807) is 11.3 Å². The Bertz CT molecular complexity index is 413. The van der Waals surface area contributed by atoms with Crippen LogP contribution >= 0.6 is 27.3 Å². The van der Waals surface area contributed by atoms with Crippen molar-refractivity contribution in [3.8, 4) is 0 Å². The average molecular weight is 318 g/mol. The van der Waals surface area contributed by atoms with Crippen molar-refractivity contribution < 1.29 is 4.74 Å². The second-order valence-corrected chi connectivity index (χ2v) is 7.83. The van der Waals surface area contributed by atoms with E-state index in [9.17, 15) is 0 Å². The summed E-state index contributed by atoms with van der Waals surface area (Å²) in [6.45, 7) is 8.58. The Morgan fingerprint density at radius 3 is 2.53 bits per heavy atom. The van der Waals surface area contributed by atoms with E-state index in [0.29, 0.717) is 5.92 Å². The lowest BCUT2D eigenvalue weighted by Crippen LogP contribution is -2.35. The molecule has 1 aliphatic heterocycles. The zero-order valence-electron chi connectivity index (χ0n) is 10.8. The van der Waals surface area contributed by atoms with Crippen LogP contribution in [-0.2, 0) is 4.74 Å². The van der Waals surface area contributed by atoms with Crippen LogP contribution in [0.2, 0.25) is 0 Å². The molecule has 1 fully saturated rings. The molecular weight excluding hydrogens is 298 g/mol. The molecule has 17 heavy (non-hydrogen) atoms. The minimum Gasteiger partial charge on any atom is -0.369 e. The molecule has 96 valence electrons. The predicted molar refractivity (Wildman–Crippen MR) is 76.3 cm³/mol. The molecule has 0 aromatic carbocycles. The molecule has 1 saturated heterocycles. The van der Waals surface area contributed by atoms with Crippen LogP contribution in [0.5, 0.6) is 0 Å². The number of halogens is 1. The minimum absolute atomic E-state index is 0.0584. The molecule has 1 aromatic heterocycles. The normalized spacial score (nSPS) is 28.2. The van der Waals surface area contributed by atoms with E-state index in [2.05, 4.69) is 55.1 Å². The first-order valence-electron chi connectivity index (χ1n) is 5.91. The molecule has 2 N–H and O–H groups in total. The number of hydrogen-bond donors (Lipinski definition) is 1. The van der Waals surface area contributed by atoms with Crippen molar-refractivity contribution in [1.29, 1.82) is 0 Å². The smallest absolute Gasteiger partial charge is 0.0681 e. The highest BCUT2D eigenvalue weighted by Gasteiger charge is 2.48. The summed E-state index contributed by atoms with van der Waals surface area (Å²) in [5.74, 6) is 0.364. The fraction of sp³-hybridized carbons (Fsp3) is 0.692. The van der Waals surface area contributed by atoms with E-state index in [-0.39, 0.29) is 17.2 Å². The average Bonchev–Trinajstić information content (AvgIpc) is 2.66. The van der Waals surface area contributed by atoms with Crippen LogP contribution in [0.4, 0.5) is 0 Å². The van der Waals surface area contributed by atoms with Crippen molar-refractivity contribution >= 4 is 27.3 Å². The van der Waals surface area contributed by atoms with E-state index < -0.39 is 0 Å². The quantitative estimate of drug-likeness (QED) is 0.891. The number of ether oxygens (including phenoxy) is 1. The molecule has 2 rings (SSSR count). The lowest BCUT2D eigenvalue weighted by atomic mass is 9.81. The summed E-state index contributed by atoms with van der Waals surface area (Å²) in [6.07, 6.45) is 1.01. The van der Waals surface area contributed by atoms with E-state index in [0.717, 1.165) is 10.9 Å². The van der Waals surface area contributed by atoms with Crippen LogP contribution in [0.25, 0.3) is 0 Å². The van der Waals surface area contributed by atoms with Crippen LogP contribution in [0.1, 0.15) is 45.0 Å². The van der Waals surface area contributed by atoms with Gasteiger partial charge in [-0.05, 0) is 56.1 Å². The molecule has 0 amide bonds. The third-order valence-corrected chi connectivity index (χ3v) is 5.29. The SMILES string of the molecule is CC1(C)CC(C(N)c2cc(Br)cs2)C(C)(C)O1. The summed E-state index contributed by atoms with van der Waals surface area (Å²) >= 11 is 5.20. The van der Waals surface area contributed by atoms with E-state index >= 15 is 0 Å². The number of hydrogen-bond acceptors (Lipinski definition) is 3. The molecule has 0 spiro atoms. The van der Waals surface area contributed by atoms with Gasteiger partial charge in [0.2, 0.25) is 0 Å². The van der Waals surface area contributed by atoms with Crippen molar-refractivity contribution in [2.24, 2.45) is 11.7 Å². The lowest BCUT2D eigenvalue weighted by molar-refractivity contribution is -0.0766. The van der Waals surface area contributed by atoms with Gasteiger partial charge in [0.1, 0.15) is 0 Å². The third-order valence-electron chi connectivity index (χ3n) is 3.49. The first-order chi connectivity index (χ1) is 7.71. The first-order valence-corrected chi connectivity index (χ1v) is 7.58. The van der Waals surface area contributed by atoms with Gasteiger partial charge >= 0.3 is 0 Å².